The number of hydrogen-bond donors (Lipinski definition) is 0. The second kappa shape index (κ2) is 4.77. The Morgan fingerprint density at radius 1 is 1.38 bits per heavy atom. The van der Waals surface area contributed by atoms with Gasteiger partial charge < -0.3 is 4.90 Å². The van der Waals surface area contributed by atoms with E-state index in [0.29, 0.717) is 4.90 Å². The van der Waals surface area contributed by atoms with E-state index in [1.165, 1.54) is 6.92 Å². The van der Waals surface area contributed by atoms with Crippen molar-refractivity contribution in [2.45, 2.75) is 13.1 Å². The van der Waals surface area contributed by atoms with E-state index in [2.05, 4.69) is 0 Å². The number of hydrogen-bond acceptors (Lipinski definition) is 2. The fourth-order valence-electron chi connectivity index (χ4n) is 0.668. The van der Waals surface area contributed by atoms with E-state index in [9.17, 15) is 22.8 Å². The number of carbonyl (C=O) groups is 2. The molecule has 0 aromatic carbocycles. The van der Waals surface area contributed by atoms with Gasteiger partial charge in [0.05, 0.1) is 0 Å². The van der Waals surface area contributed by atoms with Crippen LogP contribution in [0.1, 0.15) is 6.92 Å². The molecule has 13 heavy (non-hydrogen) atoms. The molecule has 0 rings (SSSR count). The van der Waals surface area contributed by atoms with Crippen molar-refractivity contribution < 1.29 is 22.8 Å². The normalized spacial score (nSPS) is 11.2. The Morgan fingerprint density at radius 3 is 2.08 bits per heavy atom. The molecule has 0 aliphatic carbocycles. The van der Waals surface area contributed by atoms with Crippen molar-refractivity contribution >= 4 is 32.3 Å². The third kappa shape index (κ3) is 5.06. The van der Waals surface area contributed by atoms with Crippen LogP contribution in [-0.2, 0) is 9.59 Å². The molecule has 7 heteroatoms. The average molecular weight is 309 g/mol. The molecule has 0 bridgehead atoms. The van der Waals surface area contributed by atoms with Crippen molar-refractivity contribution in [2.24, 2.45) is 0 Å². The molecular weight excluding hydrogens is 302 g/mol. The molecule has 3 nitrogen and oxygen atoms in total. The van der Waals surface area contributed by atoms with Crippen molar-refractivity contribution in [1.82, 2.24) is 4.90 Å². The smallest absolute Gasteiger partial charge is 0.327 e. The fraction of sp³-hybridized carbons (Fsp3) is 0.667. The third-order valence-corrected chi connectivity index (χ3v) is 1.67. The molecule has 0 heterocycles. The van der Waals surface area contributed by atoms with E-state index in [0.717, 1.165) is 22.6 Å². The number of amides is 1. The lowest BCUT2D eigenvalue weighted by molar-refractivity contribution is -0.161. The van der Waals surface area contributed by atoms with Crippen LogP contribution in [-0.4, -0.2) is 33.9 Å². The van der Waals surface area contributed by atoms with Gasteiger partial charge in [0.15, 0.2) is 0 Å². The molecule has 0 fully saturated rings. The molecule has 0 aliphatic heterocycles. The van der Waals surface area contributed by atoms with Crippen LogP contribution < -0.4 is 0 Å². The van der Waals surface area contributed by atoms with Crippen molar-refractivity contribution in [3.63, 3.8) is 0 Å². The van der Waals surface area contributed by atoms with Gasteiger partial charge >= 0.3 is 12.1 Å². The van der Waals surface area contributed by atoms with E-state index < -0.39 is 22.4 Å². The Labute approximate surface area is 86.4 Å². The maximum Gasteiger partial charge on any atom is 0.406 e. The molecule has 0 unspecified atom stereocenters. The van der Waals surface area contributed by atoms with Crippen LogP contribution in [0.4, 0.5) is 13.2 Å². The zero-order chi connectivity index (χ0) is 10.6. The molecule has 76 valence electrons. The minimum atomic E-state index is -4.46. The second-order valence-corrected chi connectivity index (χ2v) is 3.19. The van der Waals surface area contributed by atoms with Crippen LogP contribution >= 0.6 is 22.6 Å². The Hall–Kier alpha value is -0.340. The molecule has 0 radical (unpaired) electrons. The first kappa shape index (κ1) is 12.7. The summed E-state index contributed by atoms with van der Waals surface area (Å²) in [5.74, 6) is -1.11. The first-order valence-corrected chi connectivity index (χ1v) is 4.41. The molecule has 0 N–H and O–H groups in total. The Balaban J connectivity index is 4.36. The van der Waals surface area contributed by atoms with Crippen LogP contribution in [0.5, 0.6) is 0 Å². The summed E-state index contributed by atoms with van der Waals surface area (Å²) in [5.41, 5.74) is 0. The van der Waals surface area contributed by atoms with Crippen LogP contribution in [0.3, 0.4) is 0 Å². The van der Waals surface area contributed by atoms with Crippen LogP contribution in [0.25, 0.3) is 0 Å². The van der Waals surface area contributed by atoms with Gasteiger partial charge in [0.1, 0.15) is 6.54 Å². The summed E-state index contributed by atoms with van der Waals surface area (Å²) < 4.78 is 34.5. The Bertz CT molecular complexity index is 216. The van der Waals surface area contributed by atoms with E-state index in [1.807, 2.05) is 0 Å². The van der Waals surface area contributed by atoms with E-state index in [1.54, 1.807) is 0 Å². The Morgan fingerprint density at radius 2 is 1.85 bits per heavy atom. The zero-order valence-corrected chi connectivity index (χ0v) is 8.85. The molecule has 0 aliphatic rings. The van der Waals surface area contributed by atoms with Gasteiger partial charge in [0.2, 0.25) is 0 Å². The number of halogens is 4. The van der Waals surface area contributed by atoms with Crippen LogP contribution in [0, 0.1) is 0 Å². The molecule has 1 amide bonds. The fourth-order valence-corrected chi connectivity index (χ4v) is 1.01. The topological polar surface area (TPSA) is 37.4 Å². The summed E-state index contributed by atoms with van der Waals surface area (Å²) >= 11 is 1.16. The summed E-state index contributed by atoms with van der Waals surface area (Å²) in [6, 6.07) is 0. The maximum atomic E-state index is 11.8. The number of carbonyl (C=O) groups excluding carboxylic acids is 2. The summed E-state index contributed by atoms with van der Waals surface area (Å²) in [6.07, 6.45) is -4.46. The van der Waals surface area contributed by atoms with Gasteiger partial charge in [0, 0.05) is 29.1 Å². The van der Waals surface area contributed by atoms with E-state index in [-0.39, 0.29) is 6.54 Å². The van der Waals surface area contributed by atoms with Gasteiger partial charge in [0.25, 0.3) is 3.79 Å². The minimum absolute atomic E-state index is 0.132. The summed E-state index contributed by atoms with van der Waals surface area (Å²) in [4.78, 5) is 21.7. The average Bonchev–Trinajstić information content (AvgIpc) is 1.97. The molecule has 0 saturated carbocycles. The molecule has 0 atom stereocenters. The van der Waals surface area contributed by atoms with Gasteiger partial charge in [-0.2, -0.15) is 13.2 Å². The standard InChI is InChI=1S/C6H7F3INO2/c1-2-11(3-6(7,8)9)5(13)4(10)12/h2-3H2,1H3. The third-order valence-electron chi connectivity index (χ3n) is 1.21. The molecule has 0 aromatic rings. The first-order valence-electron chi connectivity index (χ1n) is 3.33. The predicted molar refractivity (Wildman–Crippen MR) is 47.3 cm³/mol. The van der Waals surface area contributed by atoms with Crippen molar-refractivity contribution in [1.29, 1.82) is 0 Å². The predicted octanol–water partition coefficient (Wildman–Crippen LogP) is 1.36. The lowest BCUT2D eigenvalue weighted by Crippen LogP contribution is -2.40. The van der Waals surface area contributed by atoms with Crippen molar-refractivity contribution in [2.75, 3.05) is 13.1 Å². The van der Waals surface area contributed by atoms with Gasteiger partial charge in [-0.25, -0.2) is 0 Å². The monoisotopic (exact) mass is 309 g/mol. The highest BCUT2D eigenvalue weighted by molar-refractivity contribution is 14.1. The lowest BCUT2D eigenvalue weighted by Gasteiger charge is -2.20. The molecule has 0 saturated heterocycles. The Kier molecular flexibility index (Phi) is 4.65. The van der Waals surface area contributed by atoms with Gasteiger partial charge in [-0.15, -0.1) is 0 Å². The number of likely N-dealkylation sites (N-methyl/N-ethyl adjacent to an activating group) is 1. The SMILES string of the molecule is CCN(CC(F)(F)F)C(=O)C(=O)I. The van der Waals surface area contributed by atoms with E-state index >= 15 is 0 Å². The lowest BCUT2D eigenvalue weighted by atomic mass is 10.4. The first-order chi connectivity index (χ1) is 5.78. The van der Waals surface area contributed by atoms with E-state index in [4.69, 9.17) is 0 Å². The largest absolute Gasteiger partial charge is 0.406 e. The summed E-state index contributed by atoms with van der Waals surface area (Å²) in [7, 11) is 0. The highest BCUT2D eigenvalue weighted by Gasteiger charge is 2.33. The minimum Gasteiger partial charge on any atom is -0.327 e. The molecule has 0 aromatic heterocycles. The molecular formula is C6H7F3INO2. The van der Waals surface area contributed by atoms with Crippen molar-refractivity contribution in [3.05, 3.63) is 0 Å². The van der Waals surface area contributed by atoms with Gasteiger partial charge in [-0.3, -0.25) is 9.59 Å². The highest BCUT2D eigenvalue weighted by Crippen LogP contribution is 2.16. The number of rotatable bonds is 3. The van der Waals surface area contributed by atoms with Crippen LogP contribution in [0.15, 0.2) is 0 Å². The zero-order valence-electron chi connectivity index (χ0n) is 6.69. The molecule has 0 spiro atoms. The van der Waals surface area contributed by atoms with Gasteiger partial charge in [-0.05, 0) is 6.92 Å². The number of alkyl halides is 3. The van der Waals surface area contributed by atoms with Gasteiger partial charge in [-0.1, -0.05) is 0 Å². The van der Waals surface area contributed by atoms with Crippen molar-refractivity contribution in [3.8, 4) is 0 Å². The summed E-state index contributed by atoms with van der Waals surface area (Å²) in [6.45, 7) is -0.132. The number of nitrogens with zero attached hydrogens (tertiary/aromatic N) is 1. The second-order valence-electron chi connectivity index (χ2n) is 2.21. The summed E-state index contributed by atoms with van der Waals surface area (Å²) in [5, 5.41) is 0. The maximum absolute atomic E-state index is 11.8. The quantitative estimate of drug-likeness (QED) is 0.448. The highest BCUT2D eigenvalue weighted by atomic mass is 127. The van der Waals surface area contributed by atoms with Crippen LogP contribution in [0.2, 0.25) is 0 Å².